The first-order valence-corrected chi connectivity index (χ1v) is 9.29. The quantitative estimate of drug-likeness (QED) is 0.866. The van der Waals surface area contributed by atoms with Gasteiger partial charge >= 0.3 is 0 Å². The third-order valence-electron chi connectivity index (χ3n) is 5.16. The molecular weight excluding hydrogens is 330 g/mol. The highest BCUT2D eigenvalue weighted by Gasteiger charge is 2.27. The Morgan fingerprint density at radius 1 is 1.42 bits per heavy atom. The summed E-state index contributed by atoms with van der Waals surface area (Å²) in [6, 6.07) is 3.96. The van der Waals surface area contributed by atoms with E-state index in [1.165, 1.54) is 0 Å². The van der Waals surface area contributed by atoms with Gasteiger partial charge in [-0.3, -0.25) is 4.79 Å². The molecule has 0 unspecified atom stereocenters. The number of pyridine rings is 1. The van der Waals surface area contributed by atoms with Gasteiger partial charge in [0.25, 0.3) is 0 Å². The number of nitrogens with zero attached hydrogens (tertiary/aromatic N) is 3. The first-order valence-electron chi connectivity index (χ1n) is 9.29. The fraction of sp³-hybridized carbons (Fsp3) is 0.526. The number of morpholine rings is 1. The Balaban J connectivity index is 1.39. The van der Waals surface area contributed by atoms with Gasteiger partial charge in [-0.25, -0.2) is 9.97 Å². The van der Waals surface area contributed by atoms with E-state index >= 15 is 0 Å². The zero-order valence-corrected chi connectivity index (χ0v) is 15.1. The highest BCUT2D eigenvalue weighted by Crippen LogP contribution is 2.24. The number of aromatic amines is 1. The lowest BCUT2D eigenvalue weighted by molar-refractivity contribution is -0.125. The summed E-state index contributed by atoms with van der Waals surface area (Å²) in [4.78, 5) is 27.2. The van der Waals surface area contributed by atoms with E-state index in [1.54, 1.807) is 6.20 Å². The van der Waals surface area contributed by atoms with Crippen molar-refractivity contribution in [3.8, 4) is 0 Å². The van der Waals surface area contributed by atoms with Gasteiger partial charge in [0.1, 0.15) is 11.6 Å². The topological polar surface area (TPSA) is 83.1 Å². The van der Waals surface area contributed by atoms with Gasteiger partial charge < -0.3 is 19.9 Å². The van der Waals surface area contributed by atoms with Crippen molar-refractivity contribution in [2.75, 3.05) is 31.2 Å². The summed E-state index contributed by atoms with van der Waals surface area (Å²) < 4.78 is 5.42. The normalized spacial score (nSPS) is 19.9. The summed E-state index contributed by atoms with van der Waals surface area (Å²) in [5.41, 5.74) is 3.29. The molecule has 0 saturated carbocycles. The van der Waals surface area contributed by atoms with Gasteiger partial charge in [0.2, 0.25) is 5.91 Å². The number of imidazole rings is 1. The fourth-order valence-corrected chi connectivity index (χ4v) is 3.80. The molecule has 26 heavy (non-hydrogen) atoms. The Kier molecular flexibility index (Phi) is 4.88. The second-order valence-corrected chi connectivity index (χ2v) is 6.99. The molecular formula is C19H25N5O2. The lowest BCUT2D eigenvalue weighted by Crippen LogP contribution is -2.38. The molecule has 3 heterocycles. The van der Waals surface area contributed by atoms with Crippen LogP contribution in [0.4, 0.5) is 5.82 Å². The zero-order chi connectivity index (χ0) is 17.9. The van der Waals surface area contributed by atoms with Crippen LogP contribution < -0.4 is 10.2 Å². The minimum atomic E-state index is 0.00542. The molecule has 0 radical (unpaired) electrons. The van der Waals surface area contributed by atoms with Crippen molar-refractivity contribution < 1.29 is 9.53 Å². The van der Waals surface area contributed by atoms with Gasteiger partial charge in [0, 0.05) is 49.4 Å². The summed E-state index contributed by atoms with van der Waals surface area (Å²) in [7, 11) is 0. The van der Waals surface area contributed by atoms with E-state index in [-0.39, 0.29) is 11.8 Å². The maximum atomic E-state index is 12.7. The van der Waals surface area contributed by atoms with Crippen LogP contribution in [0.25, 0.3) is 0 Å². The first kappa shape index (κ1) is 17.0. The van der Waals surface area contributed by atoms with E-state index in [0.717, 1.165) is 74.2 Å². The molecule has 138 valence electrons. The summed E-state index contributed by atoms with van der Waals surface area (Å²) in [5, 5.41) is 3.11. The number of rotatable bonds is 4. The number of hydrogen-bond acceptors (Lipinski definition) is 5. The van der Waals surface area contributed by atoms with Gasteiger partial charge in [-0.15, -0.1) is 0 Å². The highest BCUT2D eigenvalue weighted by atomic mass is 16.5. The maximum Gasteiger partial charge on any atom is 0.223 e. The SMILES string of the molecule is Cc1nc2c([nH]1)C[C@@H](C(=O)NCc1cccnc1N1CCOCC1)CC2. The van der Waals surface area contributed by atoms with Crippen LogP contribution in [-0.4, -0.2) is 47.2 Å². The molecule has 0 bridgehead atoms. The molecule has 1 atom stereocenters. The Labute approximate surface area is 153 Å². The van der Waals surface area contributed by atoms with Crippen LogP contribution in [0.1, 0.15) is 29.2 Å². The van der Waals surface area contributed by atoms with Gasteiger partial charge in [-0.05, 0) is 25.8 Å². The number of aryl methyl sites for hydroxylation is 2. The Morgan fingerprint density at radius 2 is 2.27 bits per heavy atom. The largest absolute Gasteiger partial charge is 0.378 e. The molecule has 0 aromatic carbocycles. The molecule has 1 fully saturated rings. The third-order valence-corrected chi connectivity index (χ3v) is 5.16. The van der Waals surface area contributed by atoms with E-state index in [2.05, 4.69) is 25.2 Å². The predicted molar refractivity (Wildman–Crippen MR) is 98.0 cm³/mol. The lowest BCUT2D eigenvalue weighted by atomic mass is 9.89. The number of amides is 1. The van der Waals surface area contributed by atoms with Gasteiger partial charge in [0.05, 0.1) is 18.9 Å². The molecule has 1 amide bonds. The minimum absolute atomic E-state index is 0.00542. The summed E-state index contributed by atoms with van der Waals surface area (Å²) in [5.74, 6) is 2.00. The van der Waals surface area contributed by atoms with Crippen molar-refractivity contribution in [2.45, 2.75) is 32.7 Å². The maximum absolute atomic E-state index is 12.7. The van der Waals surface area contributed by atoms with Crippen LogP contribution in [-0.2, 0) is 28.9 Å². The number of nitrogens with one attached hydrogen (secondary N) is 2. The van der Waals surface area contributed by atoms with E-state index in [1.807, 2.05) is 19.1 Å². The van der Waals surface area contributed by atoms with Gasteiger partial charge in [-0.2, -0.15) is 0 Å². The van der Waals surface area contributed by atoms with Crippen LogP contribution in [0.2, 0.25) is 0 Å². The van der Waals surface area contributed by atoms with Crippen molar-refractivity contribution in [1.82, 2.24) is 20.3 Å². The van der Waals surface area contributed by atoms with Crippen molar-refractivity contribution >= 4 is 11.7 Å². The van der Waals surface area contributed by atoms with Gasteiger partial charge in [0.15, 0.2) is 0 Å². The highest BCUT2D eigenvalue weighted by molar-refractivity contribution is 5.79. The molecule has 2 aromatic rings. The van der Waals surface area contributed by atoms with E-state index in [4.69, 9.17) is 4.74 Å². The molecule has 1 saturated heterocycles. The van der Waals surface area contributed by atoms with E-state index in [9.17, 15) is 4.79 Å². The number of hydrogen-bond donors (Lipinski definition) is 2. The Bertz CT molecular complexity index is 782. The summed E-state index contributed by atoms with van der Waals surface area (Å²) >= 11 is 0. The molecule has 4 rings (SSSR count). The smallest absolute Gasteiger partial charge is 0.223 e. The molecule has 2 aromatic heterocycles. The van der Waals surface area contributed by atoms with Crippen LogP contribution >= 0.6 is 0 Å². The first-order chi connectivity index (χ1) is 12.7. The molecule has 2 N–H and O–H groups in total. The van der Waals surface area contributed by atoms with E-state index in [0.29, 0.717) is 6.54 Å². The second-order valence-electron chi connectivity index (χ2n) is 6.99. The third kappa shape index (κ3) is 3.58. The van der Waals surface area contributed by atoms with Crippen LogP contribution in [0, 0.1) is 12.8 Å². The molecule has 7 heteroatoms. The van der Waals surface area contributed by atoms with Crippen LogP contribution in [0.3, 0.4) is 0 Å². The lowest BCUT2D eigenvalue weighted by Gasteiger charge is -2.29. The fourth-order valence-electron chi connectivity index (χ4n) is 3.80. The zero-order valence-electron chi connectivity index (χ0n) is 15.1. The standard InChI is InChI=1S/C19H25N5O2/c1-13-22-16-5-4-14(11-17(16)23-13)19(25)21-12-15-3-2-6-20-18(15)24-7-9-26-10-8-24/h2-3,6,14H,4-5,7-12H2,1H3,(H,21,25)(H,22,23)/t14-/m0/s1. The molecule has 2 aliphatic rings. The van der Waals surface area contributed by atoms with Crippen LogP contribution in [0.15, 0.2) is 18.3 Å². The average molecular weight is 355 g/mol. The Morgan fingerprint density at radius 3 is 3.12 bits per heavy atom. The number of aromatic nitrogens is 3. The molecule has 1 aliphatic carbocycles. The number of anilines is 1. The van der Waals surface area contributed by atoms with Crippen LogP contribution in [0.5, 0.6) is 0 Å². The second kappa shape index (κ2) is 7.45. The molecule has 1 aliphatic heterocycles. The minimum Gasteiger partial charge on any atom is -0.378 e. The summed E-state index contributed by atoms with van der Waals surface area (Å²) in [6.07, 6.45) is 4.26. The van der Waals surface area contributed by atoms with Crippen molar-refractivity contribution in [3.05, 3.63) is 41.1 Å². The number of ether oxygens (including phenoxy) is 1. The summed E-state index contributed by atoms with van der Waals surface area (Å²) in [6.45, 7) is 5.57. The van der Waals surface area contributed by atoms with Gasteiger partial charge in [-0.1, -0.05) is 6.07 Å². The average Bonchev–Trinajstić information content (AvgIpc) is 3.06. The van der Waals surface area contributed by atoms with Crippen molar-refractivity contribution in [1.29, 1.82) is 0 Å². The predicted octanol–water partition coefficient (Wildman–Crippen LogP) is 1.37. The number of carbonyl (C=O) groups excluding carboxylic acids is 1. The molecule has 7 nitrogen and oxygen atoms in total. The van der Waals surface area contributed by atoms with Crippen molar-refractivity contribution in [2.24, 2.45) is 5.92 Å². The molecule has 0 spiro atoms. The monoisotopic (exact) mass is 355 g/mol. The number of carbonyl (C=O) groups is 1. The van der Waals surface area contributed by atoms with E-state index < -0.39 is 0 Å². The number of H-pyrrole nitrogens is 1. The number of fused-ring (bicyclic) bond motifs is 1. The van der Waals surface area contributed by atoms with Crippen molar-refractivity contribution in [3.63, 3.8) is 0 Å². The Hall–Kier alpha value is -2.41.